The van der Waals surface area contributed by atoms with Crippen LogP contribution < -0.4 is 10.2 Å². The summed E-state index contributed by atoms with van der Waals surface area (Å²) >= 11 is 0. The number of hydrogen-bond donors (Lipinski definition) is 2. The van der Waals surface area contributed by atoms with Crippen molar-refractivity contribution in [3.63, 3.8) is 0 Å². The Morgan fingerprint density at radius 3 is 2.33 bits per heavy atom. The van der Waals surface area contributed by atoms with Gasteiger partial charge in [0.1, 0.15) is 0 Å². The topological polar surface area (TPSA) is 16.5 Å². The molecule has 1 rings (SSSR count). The van der Waals surface area contributed by atoms with E-state index < -0.39 is 0 Å². The molecule has 1 atom stereocenters. The van der Waals surface area contributed by atoms with Gasteiger partial charge in [-0.05, 0) is 0 Å². The Balaban J connectivity index is 2.23. The molecule has 0 aromatic heterocycles. The smallest absolute Gasteiger partial charge is 0.0657 e. The van der Waals surface area contributed by atoms with Crippen LogP contribution in [-0.2, 0) is 0 Å². The fraction of sp³-hybridized carbons (Fsp3) is 0.857. The molecule has 0 aromatic rings. The minimum Gasteiger partial charge on any atom is -0.468 e. The van der Waals surface area contributed by atoms with Crippen molar-refractivity contribution in [1.82, 2.24) is 5.32 Å². The van der Waals surface area contributed by atoms with Crippen LogP contribution in [0.4, 0.5) is 0 Å². The molecule has 0 bridgehead atoms. The monoisotopic (exact) mass is 128 g/mol. The third kappa shape index (κ3) is 1.95. The lowest BCUT2D eigenvalue weighted by molar-refractivity contribution is -0.861. The quantitative estimate of drug-likeness (QED) is 0.435. The number of hydrogen-bond acceptors (Lipinski definition) is 1. The third-order valence-corrected chi connectivity index (χ3v) is 2.04. The van der Waals surface area contributed by atoms with Gasteiger partial charge in [-0.1, -0.05) is 0 Å². The largest absolute Gasteiger partial charge is 0.468 e. The number of rotatable bonds is 1. The minimum absolute atomic E-state index is 0.797. The van der Waals surface area contributed by atoms with Gasteiger partial charge in [0.25, 0.3) is 0 Å². The Hall–Kier alpha value is -0.0800. The average molecular weight is 128 g/mol. The molecule has 54 valence electrons. The summed E-state index contributed by atoms with van der Waals surface area (Å²) in [6, 6.07) is 0.797. The maximum atomic E-state index is 3.95. The molecule has 1 aliphatic heterocycles. The van der Waals surface area contributed by atoms with Crippen LogP contribution in [0.25, 0.3) is 0 Å². The van der Waals surface area contributed by atoms with Gasteiger partial charge in [-0.25, -0.2) is 0 Å². The lowest BCUT2D eigenvalue weighted by Crippen LogP contribution is -3.08. The first-order valence-corrected chi connectivity index (χ1v) is 3.67. The summed E-state index contributed by atoms with van der Waals surface area (Å²) in [4.78, 5) is 1.36. The van der Waals surface area contributed by atoms with Crippen LogP contribution in [0.1, 0.15) is 12.8 Å². The maximum Gasteiger partial charge on any atom is 0.0657 e. The Morgan fingerprint density at radius 2 is 2.00 bits per heavy atom. The van der Waals surface area contributed by atoms with E-state index in [0.717, 1.165) is 6.04 Å². The van der Waals surface area contributed by atoms with Crippen LogP contribution in [0, 0.1) is 7.05 Å². The molecule has 2 heteroatoms. The molecule has 0 spiro atoms. The fourth-order valence-electron chi connectivity index (χ4n) is 1.31. The van der Waals surface area contributed by atoms with Gasteiger partial charge in [0.05, 0.1) is 6.04 Å². The van der Waals surface area contributed by atoms with Crippen LogP contribution in [0.15, 0.2) is 0 Å². The molecule has 1 fully saturated rings. The SMILES string of the molecule is [CH2-][NH+](C)C1CCNCC1. The Kier molecular flexibility index (Phi) is 2.49. The van der Waals surface area contributed by atoms with Gasteiger partial charge < -0.3 is 10.2 Å². The zero-order valence-corrected chi connectivity index (χ0v) is 6.11. The molecule has 1 aliphatic rings. The summed E-state index contributed by atoms with van der Waals surface area (Å²) in [6.45, 7) is 2.36. The van der Waals surface area contributed by atoms with Gasteiger partial charge in [-0.3, -0.25) is 0 Å². The van der Waals surface area contributed by atoms with Crippen molar-refractivity contribution in [3.8, 4) is 0 Å². The normalized spacial score (nSPS) is 26.0. The number of piperidine rings is 1. The van der Waals surface area contributed by atoms with Crippen LogP contribution in [0.3, 0.4) is 0 Å². The van der Waals surface area contributed by atoms with Gasteiger partial charge in [0.15, 0.2) is 0 Å². The van der Waals surface area contributed by atoms with Gasteiger partial charge in [0, 0.05) is 33.0 Å². The molecule has 0 aromatic carbocycles. The van der Waals surface area contributed by atoms with Gasteiger partial charge >= 0.3 is 0 Å². The van der Waals surface area contributed by atoms with Crippen molar-refractivity contribution >= 4 is 0 Å². The third-order valence-electron chi connectivity index (χ3n) is 2.04. The lowest BCUT2D eigenvalue weighted by atomic mass is 10.1. The second kappa shape index (κ2) is 3.18. The van der Waals surface area contributed by atoms with Crippen LogP contribution in [0.5, 0.6) is 0 Å². The van der Waals surface area contributed by atoms with E-state index in [1.165, 1.54) is 30.8 Å². The van der Waals surface area contributed by atoms with E-state index in [9.17, 15) is 0 Å². The van der Waals surface area contributed by atoms with E-state index in [2.05, 4.69) is 19.4 Å². The predicted molar refractivity (Wildman–Crippen MR) is 38.1 cm³/mol. The van der Waals surface area contributed by atoms with E-state index in [1.807, 2.05) is 0 Å². The van der Waals surface area contributed by atoms with Gasteiger partial charge in [-0.2, -0.15) is 7.05 Å². The first kappa shape index (κ1) is 7.03. The fourth-order valence-corrected chi connectivity index (χ4v) is 1.31. The predicted octanol–water partition coefficient (Wildman–Crippen LogP) is -0.955. The molecule has 1 heterocycles. The van der Waals surface area contributed by atoms with Crippen LogP contribution in [-0.4, -0.2) is 26.2 Å². The second-order valence-corrected chi connectivity index (χ2v) is 2.87. The number of nitrogens with one attached hydrogen (secondary N) is 2. The Labute approximate surface area is 57.2 Å². The zero-order valence-electron chi connectivity index (χ0n) is 6.11. The highest BCUT2D eigenvalue weighted by molar-refractivity contribution is 4.65. The highest BCUT2D eigenvalue weighted by Gasteiger charge is 2.14. The lowest BCUT2D eigenvalue weighted by Gasteiger charge is -2.30. The molecular weight excluding hydrogens is 112 g/mol. The molecule has 9 heavy (non-hydrogen) atoms. The number of quaternary nitrogens is 1. The minimum atomic E-state index is 0.797. The van der Waals surface area contributed by atoms with E-state index in [1.54, 1.807) is 0 Å². The van der Waals surface area contributed by atoms with E-state index >= 15 is 0 Å². The first-order valence-electron chi connectivity index (χ1n) is 3.67. The van der Waals surface area contributed by atoms with Crippen molar-refractivity contribution in [2.24, 2.45) is 0 Å². The van der Waals surface area contributed by atoms with Crippen molar-refractivity contribution in [1.29, 1.82) is 0 Å². The van der Waals surface area contributed by atoms with E-state index in [4.69, 9.17) is 0 Å². The Bertz CT molecular complexity index is 75.0. The zero-order chi connectivity index (χ0) is 6.69. The van der Waals surface area contributed by atoms with Crippen molar-refractivity contribution < 1.29 is 4.90 Å². The molecular formula is C7H16N2. The molecule has 2 nitrogen and oxygen atoms in total. The highest BCUT2D eigenvalue weighted by Crippen LogP contribution is 1.96. The molecule has 1 saturated heterocycles. The summed E-state index contributed by atoms with van der Waals surface area (Å²) in [6.07, 6.45) is 2.57. The standard InChI is InChI=1S/C7H16N2/c1-9(2)7-3-5-8-6-4-7/h7-9H,1,3-6H2,2H3. The summed E-state index contributed by atoms with van der Waals surface area (Å²) in [7, 11) is 6.09. The van der Waals surface area contributed by atoms with Crippen molar-refractivity contribution in [2.75, 3.05) is 20.1 Å². The summed E-state index contributed by atoms with van der Waals surface area (Å²) in [5.74, 6) is 0. The van der Waals surface area contributed by atoms with Crippen molar-refractivity contribution in [2.45, 2.75) is 18.9 Å². The molecule has 1 unspecified atom stereocenters. The molecule has 0 aliphatic carbocycles. The Morgan fingerprint density at radius 1 is 1.44 bits per heavy atom. The molecule has 2 N–H and O–H groups in total. The van der Waals surface area contributed by atoms with E-state index in [0.29, 0.717) is 0 Å². The second-order valence-electron chi connectivity index (χ2n) is 2.87. The summed E-state index contributed by atoms with van der Waals surface area (Å²) in [5, 5.41) is 3.33. The average Bonchev–Trinajstić information content (AvgIpc) is 1.90. The van der Waals surface area contributed by atoms with E-state index in [-0.39, 0.29) is 0 Å². The molecule has 0 radical (unpaired) electrons. The molecule has 0 saturated carbocycles. The molecule has 0 amide bonds. The van der Waals surface area contributed by atoms with Gasteiger partial charge in [0.2, 0.25) is 0 Å². The highest BCUT2D eigenvalue weighted by atomic mass is 15.1. The maximum absolute atomic E-state index is 3.95. The summed E-state index contributed by atoms with van der Waals surface area (Å²) in [5.41, 5.74) is 0. The first-order chi connectivity index (χ1) is 4.30. The van der Waals surface area contributed by atoms with Crippen molar-refractivity contribution in [3.05, 3.63) is 7.05 Å². The van der Waals surface area contributed by atoms with Crippen LogP contribution >= 0.6 is 0 Å². The summed E-state index contributed by atoms with van der Waals surface area (Å²) < 4.78 is 0. The van der Waals surface area contributed by atoms with Crippen LogP contribution in [0.2, 0.25) is 0 Å². The van der Waals surface area contributed by atoms with Gasteiger partial charge in [-0.15, -0.1) is 0 Å².